The second-order valence-electron chi connectivity index (χ2n) is 5.07. The lowest BCUT2D eigenvalue weighted by Gasteiger charge is -2.11. The Morgan fingerprint density at radius 2 is 1.85 bits per heavy atom. The van der Waals surface area contributed by atoms with Crippen molar-refractivity contribution in [2.75, 3.05) is 10.6 Å². The second kappa shape index (κ2) is 6.05. The molecule has 0 aliphatic heterocycles. The minimum atomic E-state index is -0.257. The number of para-hydroxylation sites is 1. The van der Waals surface area contributed by atoms with Crippen LogP contribution in [0.25, 0.3) is 0 Å². The molecule has 4 nitrogen and oxygen atoms in total. The number of amides is 2. The Kier molecular flexibility index (Phi) is 4.39. The summed E-state index contributed by atoms with van der Waals surface area (Å²) in [5.41, 5.74) is 2.94. The summed E-state index contributed by atoms with van der Waals surface area (Å²) in [6.07, 6.45) is 1.81. The minimum absolute atomic E-state index is 0.257. The van der Waals surface area contributed by atoms with Gasteiger partial charge in [-0.2, -0.15) is 0 Å². The normalized spacial score (nSPS) is 10.7. The van der Waals surface area contributed by atoms with E-state index in [1.165, 1.54) is 11.3 Å². The first-order chi connectivity index (χ1) is 9.47. The van der Waals surface area contributed by atoms with Crippen LogP contribution >= 0.6 is 11.3 Å². The molecular weight excluding hydrogens is 270 g/mol. The number of carbonyl (C=O) groups is 1. The maximum Gasteiger partial charge on any atom is 0.325 e. The zero-order valence-electron chi connectivity index (χ0n) is 12.2. The van der Waals surface area contributed by atoms with Crippen LogP contribution in [0.2, 0.25) is 0 Å². The summed E-state index contributed by atoms with van der Waals surface area (Å²) in [5.74, 6) is 0.421. The van der Waals surface area contributed by atoms with Gasteiger partial charge in [-0.15, -0.1) is 11.3 Å². The molecule has 0 aliphatic rings. The Morgan fingerprint density at radius 3 is 2.40 bits per heavy atom. The lowest BCUT2D eigenvalue weighted by atomic mass is 10.1. The maximum atomic E-state index is 12.0. The lowest BCUT2D eigenvalue weighted by molar-refractivity contribution is 0.262. The number of rotatable bonds is 3. The summed E-state index contributed by atoms with van der Waals surface area (Å²) in [7, 11) is 0. The lowest BCUT2D eigenvalue weighted by Crippen LogP contribution is -2.20. The van der Waals surface area contributed by atoms with Crippen LogP contribution in [-0.4, -0.2) is 11.0 Å². The first kappa shape index (κ1) is 14.5. The van der Waals surface area contributed by atoms with Crippen LogP contribution < -0.4 is 10.6 Å². The fourth-order valence-electron chi connectivity index (χ4n) is 1.86. The molecule has 2 rings (SSSR count). The fraction of sp³-hybridized carbons (Fsp3) is 0.333. The molecule has 0 radical (unpaired) electrons. The Bertz CT molecular complexity index is 599. The maximum absolute atomic E-state index is 12.0. The number of nitrogens with zero attached hydrogens (tertiary/aromatic N) is 1. The molecule has 0 saturated carbocycles. The molecule has 5 heteroatoms. The highest BCUT2D eigenvalue weighted by Gasteiger charge is 2.10. The van der Waals surface area contributed by atoms with E-state index in [-0.39, 0.29) is 6.03 Å². The number of carbonyl (C=O) groups excluding carboxylic acids is 1. The summed E-state index contributed by atoms with van der Waals surface area (Å²) in [6.45, 7) is 8.16. The molecule has 2 aromatic rings. The molecule has 0 spiro atoms. The van der Waals surface area contributed by atoms with Gasteiger partial charge in [-0.1, -0.05) is 32.0 Å². The van der Waals surface area contributed by atoms with Crippen molar-refractivity contribution in [2.24, 2.45) is 0 Å². The van der Waals surface area contributed by atoms with Crippen molar-refractivity contribution >= 4 is 28.2 Å². The first-order valence-electron chi connectivity index (χ1n) is 6.57. The van der Waals surface area contributed by atoms with E-state index < -0.39 is 0 Å². The van der Waals surface area contributed by atoms with Crippen molar-refractivity contribution in [3.8, 4) is 0 Å². The molecule has 0 unspecified atom stereocenters. The van der Waals surface area contributed by atoms with Crippen molar-refractivity contribution in [1.29, 1.82) is 0 Å². The van der Waals surface area contributed by atoms with E-state index in [9.17, 15) is 4.79 Å². The van der Waals surface area contributed by atoms with Gasteiger partial charge in [0.25, 0.3) is 0 Å². The van der Waals surface area contributed by atoms with E-state index >= 15 is 0 Å². The number of urea groups is 1. The number of anilines is 2. The van der Waals surface area contributed by atoms with Crippen LogP contribution in [0.3, 0.4) is 0 Å². The summed E-state index contributed by atoms with van der Waals surface area (Å²) < 4.78 is 0. The molecule has 2 N–H and O–H groups in total. The van der Waals surface area contributed by atoms with E-state index in [0.717, 1.165) is 21.7 Å². The van der Waals surface area contributed by atoms with Crippen LogP contribution in [0.4, 0.5) is 15.6 Å². The predicted octanol–water partition coefficient (Wildman–Crippen LogP) is 4.53. The average molecular weight is 289 g/mol. The van der Waals surface area contributed by atoms with Crippen molar-refractivity contribution in [1.82, 2.24) is 4.98 Å². The molecule has 1 aromatic heterocycles. The van der Waals surface area contributed by atoms with Gasteiger partial charge in [0, 0.05) is 16.8 Å². The highest BCUT2D eigenvalue weighted by atomic mass is 32.1. The van der Waals surface area contributed by atoms with Gasteiger partial charge in [0.05, 0.1) is 0 Å². The van der Waals surface area contributed by atoms with Gasteiger partial charge in [0.15, 0.2) is 5.13 Å². The van der Waals surface area contributed by atoms with Gasteiger partial charge in [-0.05, 0) is 30.9 Å². The smallest absolute Gasteiger partial charge is 0.307 e. The van der Waals surface area contributed by atoms with Crippen molar-refractivity contribution in [3.05, 3.63) is 40.4 Å². The number of hydrogen-bond donors (Lipinski definition) is 2. The number of benzene rings is 1. The van der Waals surface area contributed by atoms with Crippen LogP contribution in [0.15, 0.2) is 24.4 Å². The second-order valence-corrected chi connectivity index (χ2v) is 6.13. The summed E-state index contributed by atoms with van der Waals surface area (Å²) in [5, 5.41) is 6.28. The molecule has 0 saturated heterocycles. The van der Waals surface area contributed by atoms with Gasteiger partial charge < -0.3 is 5.32 Å². The van der Waals surface area contributed by atoms with E-state index in [0.29, 0.717) is 11.0 Å². The van der Waals surface area contributed by atoms with Crippen molar-refractivity contribution in [2.45, 2.75) is 33.6 Å². The SMILES string of the molecule is Cc1cccc(C)c1NC(=O)Nc1ncc(C(C)C)s1. The quantitative estimate of drug-likeness (QED) is 0.872. The van der Waals surface area contributed by atoms with Gasteiger partial charge >= 0.3 is 6.03 Å². The van der Waals surface area contributed by atoms with Crippen LogP contribution in [0, 0.1) is 13.8 Å². The van der Waals surface area contributed by atoms with Gasteiger partial charge in [0.2, 0.25) is 0 Å². The van der Waals surface area contributed by atoms with E-state index in [1.807, 2.05) is 38.2 Å². The highest BCUT2D eigenvalue weighted by Crippen LogP contribution is 2.25. The van der Waals surface area contributed by atoms with Crippen LogP contribution in [-0.2, 0) is 0 Å². The van der Waals surface area contributed by atoms with E-state index in [2.05, 4.69) is 29.5 Å². The Morgan fingerprint density at radius 1 is 1.20 bits per heavy atom. The monoisotopic (exact) mass is 289 g/mol. The number of hydrogen-bond acceptors (Lipinski definition) is 3. The van der Waals surface area contributed by atoms with E-state index in [4.69, 9.17) is 0 Å². The molecule has 1 heterocycles. The predicted molar refractivity (Wildman–Crippen MR) is 84.8 cm³/mol. The van der Waals surface area contributed by atoms with E-state index in [1.54, 1.807) is 0 Å². The Balaban J connectivity index is 2.05. The molecular formula is C15H19N3OS. The largest absolute Gasteiger partial charge is 0.325 e. The summed E-state index contributed by atoms with van der Waals surface area (Å²) >= 11 is 1.51. The van der Waals surface area contributed by atoms with Crippen LogP contribution in [0.1, 0.15) is 35.8 Å². The fourth-order valence-corrected chi connectivity index (χ4v) is 2.68. The number of aryl methyl sites for hydroxylation is 2. The molecule has 2 amide bonds. The number of nitrogens with one attached hydrogen (secondary N) is 2. The van der Waals surface area contributed by atoms with Gasteiger partial charge in [-0.3, -0.25) is 5.32 Å². The highest BCUT2D eigenvalue weighted by molar-refractivity contribution is 7.15. The third-order valence-electron chi connectivity index (χ3n) is 3.03. The first-order valence-corrected chi connectivity index (χ1v) is 7.39. The topological polar surface area (TPSA) is 54.0 Å². The Hall–Kier alpha value is -1.88. The third kappa shape index (κ3) is 3.36. The zero-order chi connectivity index (χ0) is 14.7. The third-order valence-corrected chi connectivity index (χ3v) is 4.25. The Labute approximate surface area is 123 Å². The molecule has 1 aromatic carbocycles. The molecule has 0 aliphatic carbocycles. The molecule has 20 heavy (non-hydrogen) atoms. The molecule has 0 fully saturated rings. The molecule has 106 valence electrons. The molecule has 0 bridgehead atoms. The average Bonchev–Trinajstić information content (AvgIpc) is 2.82. The minimum Gasteiger partial charge on any atom is -0.307 e. The summed E-state index contributed by atoms with van der Waals surface area (Å²) in [4.78, 5) is 17.4. The standard InChI is InChI=1S/C15H19N3OS/c1-9(2)12-8-16-15(20-12)18-14(19)17-13-10(3)6-5-7-11(13)4/h5-9H,1-4H3,(H2,16,17,18,19). The number of thiazole rings is 1. The number of aromatic nitrogens is 1. The van der Waals surface area contributed by atoms with Gasteiger partial charge in [-0.25, -0.2) is 9.78 Å². The zero-order valence-corrected chi connectivity index (χ0v) is 13.0. The summed E-state index contributed by atoms with van der Waals surface area (Å²) in [6, 6.07) is 5.67. The van der Waals surface area contributed by atoms with Crippen molar-refractivity contribution in [3.63, 3.8) is 0 Å². The van der Waals surface area contributed by atoms with Gasteiger partial charge in [0.1, 0.15) is 0 Å². The van der Waals surface area contributed by atoms with Crippen LogP contribution in [0.5, 0.6) is 0 Å². The van der Waals surface area contributed by atoms with Crippen molar-refractivity contribution < 1.29 is 4.79 Å². The molecule has 0 atom stereocenters.